The van der Waals surface area contributed by atoms with Crippen LogP contribution >= 0.6 is 11.8 Å². The van der Waals surface area contributed by atoms with Gasteiger partial charge in [-0.25, -0.2) is 9.78 Å². The molecule has 3 aromatic rings. The maximum Gasteiger partial charge on any atom is 0.332 e. The highest BCUT2D eigenvalue weighted by atomic mass is 32.2. The highest BCUT2D eigenvalue weighted by Crippen LogP contribution is 2.29. The number of hydrogen-bond donors (Lipinski definition) is 0. The lowest BCUT2D eigenvalue weighted by Gasteiger charge is -2.17. The minimum atomic E-state index is -0.417. The minimum absolute atomic E-state index is 0.00597. The maximum absolute atomic E-state index is 12.8. The third-order valence-electron chi connectivity index (χ3n) is 5.14. The van der Waals surface area contributed by atoms with Gasteiger partial charge in [-0.05, 0) is 25.0 Å². The molecule has 2 aromatic heterocycles. The number of imidazole rings is 1. The highest BCUT2D eigenvalue weighted by Gasteiger charge is 2.25. The van der Waals surface area contributed by atoms with Gasteiger partial charge in [-0.3, -0.25) is 18.7 Å². The van der Waals surface area contributed by atoms with E-state index < -0.39 is 5.69 Å². The molecule has 0 unspecified atom stereocenters. The number of aryl methyl sites for hydroxylation is 2. The molecule has 0 spiro atoms. The van der Waals surface area contributed by atoms with Gasteiger partial charge in [0, 0.05) is 32.9 Å². The summed E-state index contributed by atoms with van der Waals surface area (Å²) in [6, 6.07) is 7.93. The van der Waals surface area contributed by atoms with Gasteiger partial charge >= 0.3 is 5.69 Å². The van der Waals surface area contributed by atoms with Crippen LogP contribution in [0.15, 0.2) is 39.0 Å². The number of hydrogen-bond acceptors (Lipinski definition) is 5. The van der Waals surface area contributed by atoms with Gasteiger partial charge in [-0.15, -0.1) is 0 Å². The largest absolute Gasteiger partial charge is 0.332 e. The summed E-state index contributed by atoms with van der Waals surface area (Å²) in [7, 11) is 3.05. The van der Waals surface area contributed by atoms with Gasteiger partial charge in [0.1, 0.15) is 0 Å². The number of para-hydroxylation sites is 1. The summed E-state index contributed by atoms with van der Waals surface area (Å²) >= 11 is 1.29. The second-order valence-corrected chi connectivity index (χ2v) is 7.67. The number of thioether (sulfide) groups is 1. The Morgan fingerprint density at radius 1 is 1.18 bits per heavy atom. The van der Waals surface area contributed by atoms with E-state index in [1.807, 2.05) is 31.2 Å². The lowest BCUT2D eigenvalue weighted by molar-refractivity contribution is -0.116. The molecule has 0 aliphatic carbocycles. The first-order valence-corrected chi connectivity index (χ1v) is 10.1. The van der Waals surface area contributed by atoms with Crippen LogP contribution in [0.25, 0.3) is 11.2 Å². The van der Waals surface area contributed by atoms with Crippen molar-refractivity contribution in [3.8, 4) is 0 Å². The van der Waals surface area contributed by atoms with E-state index in [9.17, 15) is 14.4 Å². The van der Waals surface area contributed by atoms with Crippen LogP contribution in [-0.4, -0.2) is 36.9 Å². The zero-order chi connectivity index (χ0) is 20.0. The normalized spacial score (nSPS) is 13.3. The molecule has 9 heteroatoms. The molecule has 0 fully saturated rings. The van der Waals surface area contributed by atoms with Crippen molar-refractivity contribution in [2.24, 2.45) is 14.1 Å². The van der Waals surface area contributed by atoms with Crippen molar-refractivity contribution >= 4 is 34.5 Å². The van der Waals surface area contributed by atoms with Gasteiger partial charge in [0.2, 0.25) is 5.91 Å². The standard InChI is InChI=1S/C19H21N5O3S/c1-4-23-15-16(21(2)19(27)22(3)17(15)26)20-18(23)28-11-14(25)24-10-9-12-7-5-6-8-13(12)24/h5-8H,4,9-11H2,1-3H3. The molecule has 28 heavy (non-hydrogen) atoms. The summed E-state index contributed by atoms with van der Waals surface area (Å²) in [5, 5.41) is 0.566. The molecule has 4 rings (SSSR count). The van der Waals surface area contributed by atoms with E-state index in [0.29, 0.717) is 29.4 Å². The average molecular weight is 399 g/mol. The molecule has 0 radical (unpaired) electrons. The molecule has 0 atom stereocenters. The van der Waals surface area contributed by atoms with Crippen LogP contribution in [-0.2, 0) is 31.9 Å². The molecule has 1 aliphatic heterocycles. The summed E-state index contributed by atoms with van der Waals surface area (Å²) in [6.07, 6.45) is 0.859. The Balaban J connectivity index is 1.65. The molecule has 1 aliphatic rings. The van der Waals surface area contributed by atoms with Crippen LogP contribution in [0.1, 0.15) is 12.5 Å². The van der Waals surface area contributed by atoms with Crippen LogP contribution in [0.5, 0.6) is 0 Å². The molecule has 0 N–H and O–H groups in total. The third-order valence-corrected chi connectivity index (χ3v) is 6.10. The number of anilines is 1. The monoisotopic (exact) mass is 399 g/mol. The van der Waals surface area contributed by atoms with Gasteiger partial charge in [0.15, 0.2) is 16.3 Å². The van der Waals surface area contributed by atoms with E-state index >= 15 is 0 Å². The number of nitrogens with zero attached hydrogens (tertiary/aromatic N) is 5. The number of benzene rings is 1. The van der Waals surface area contributed by atoms with Crippen molar-refractivity contribution in [1.29, 1.82) is 0 Å². The fourth-order valence-electron chi connectivity index (χ4n) is 3.63. The third kappa shape index (κ3) is 2.77. The quantitative estimate of drug-likeness (QED) is 0.615. The van der Waals surface area contributed by atoms with Gasteiger partial charge in [-0.1, -0.05) is 30.0 Å². The van der Waals surface area contributed by atoms with E-state index in [-0.39, 0.29) is 17.2 Å². The second-order valence-electron chi connectivity index (χ2n) is 6.73. The highest BCUT2D eigenvalue weighted by molar-refractivity contribution is 7.99. The fourth-order valence-corrected chi connectivity index (χ4v) is 4.57. The van der Waals surface area contributed by atoms with Crippen LogP contribution in [0, 0.1) is 0 Å². The van der Waals surface area contributed by atoms with Gasteiger partial charge in [0.05, 0.1) is 5.75 Å². The van der Waals surface area contributed by atoms with Crippen molar-refractivity contribution in [1.82, 2.24) is 18.7 Å². The Hall–Kier alpha value is -2.81. The summed E-state index contributed by atoms with van der Waals surface area (Å²) in [5.41, 5.74) is 2.08. The van der Waals surface area contributed by atoms with E-state index in [4.69, 9.17) is 0 Å². The van der Waals surface area contributed by atoms with E-state index in [1.54, 1.807) is 16.5 Å². The van der Waals surface area contributed by atoms with Crippen molar-refractivity contribution in [2.45, 2.75) is 25.0 Å². The zero-order valence-corrected chi connectivity index (χ0v) is 16.8. The SMILES string of the molecule is CCn1c(SCC(=O)N2CCc3ccccc32)nc2c1c(=O)n(C)c(=O)n2C. The molecule has 0 saturated heterocycles. The second kappa shape index (κ2) is 6.97. The zero-order valence-electron chi connectivity index (χ0n) is 16.0. The number of amides is 1. The summed E-state index contributed by atoms with van der Waals surface area (Å²) in [4.78, 5) is 43.8. The molecule has 1 aromatic carbocycles. The van der Waals surface area contributed by atoms with Crippen LogP contribution in [0.2, 0.25) is 0 Å². The van der Waals surface area contributed by atoms with Crippen molar-refractivity contribution < 1.29 is 4.79 Å². The lowest BCUT2D eigenvalue weighted by Crippen LogP contribution is -2.37. The van der Waals surface area contributed by atoms with Gasteiger partial charge in [-0.2, -0.15) is 0 Å². The Kier molecular flexibility index (Phi) is 4.62. The first kappa shape index (κ1) is 18.5. The van der Waals surface area contributed by atoms with E-state index in [1.165, 1.54) is 28.9 Å². The number of carbonyl (C=O) groups excluding carboxylic acids is 1. The smallest absolute Gasteiger partial charge is 0.313 e. The summed E-state index contributed by atoms with van der Waals surface area (Å²) < 4.78 is 4.22. The number of rotatable bonds is 4. The molecular weight excluding hydrogens is 378 g/mol. The summed E-state index contributed by atoms with van der Waals surface area (Å²) in [5.74, 6) is 0.220. The predicted octanol–water partition coefficient (Wildman–Crippen LogP) is 1.13. The number of carbonyl (C=O) groups is 1. The molecule has 0 bridgehead atoms. The fraction of sp³-hybridized carbons (Fsp3) is 0.368. The Bertz CT molecular complexity index is 1210. The Morgan fingerprint density at radius 3 is 2.68 bits per heavy atom. The average Bonchev–Trinajstić information content (AvgIpc) is 3.30. The van der Waals surface area contributed by atoms with Crippen molar-refractivity contribution in [3.63, 3.8) is 0 Å². The van der Waals surface area contributed by atoms with Crippen molar-refractivity contribution in [2.75, 3.05) is 17.2 Å². The van der Waals surface area contributed by atoms with Gasteiger partial charge < -0.3 is 9.47 Å². The molecule has 1 amide bonds. The van der Waals surface area contributed by atoms with Gasteiger partial charge in [0.25, 0.3) is 5.56 Å². The first-order valence-electron chi connectivity index (χ1n) is 9.11. The maximum atomic E-state index is 12.8. The minimum Gasteiger partial charge on any atom is -0.313 e. The molecular formula is C19H21N5O3S. The summed E-state index contributed by atoms with van der Waals surface area (Å²) in [6.45, 7) is 3.11. The lowest BCUT2D eigenvalue weighted by atomic mass is 10.2. The van der Waals surface area contributed by atoms with Crippen LogP contribution < -0.4 is 16.1 Å². The Morgan fingerprint density at radius 2 is 1.93 bits per heavy atom. The molecule has 146 valence electrons. The van der Waals surface area contributed by atoms with E-state index in [0.717, 1.165) is 16.7 Å². The van der Waals surface area contributed by atoms with E-state index in [2.05, 4.69) is 4.98 Å². The first-order chi connectivity index (χ1) is 13.4. The predicted molar refractivity (Wildman–Crippen MR) is 109 cm³/mol. The number of aromatic nitrogens is 4. The van der Waals surface area contributed by atoms with Crippen LogP contribution in [0.4, 0.5) is 5.69 Å². The number of fused-ring (bicyclic) bond motifs is 2. The molecule has 0 saturated carbocycles. The Labute approximate surface area is 165 Å². The topological polar surface area (TPSA) is 82.1 Å². The molecule has 3 heterocycles. The van der Waals surface area contributed by atoms with Crippen LogP contribution in [0.3, 0.4) is 0 Å². The molecule has 8 nitrogen and oxygen atoms in total. The van der Waals surface area contributed by atoms with Crippen molar-refractivity contribution in [3.05, 3.63) is 50.7 Å².